The summed E-state index contributed by atoms with van der Waals surface area (Å²) < 4.78 is 21.5. The fraction of sp³-hybridized carbons (Fsp3) is 1.00. The van der Waals surface area contributed by atoms with Crippen molar-refractivity contribution in [2.75, 3.05) is 5.75 Å². The minimum absolute atomic E-state index is 0.200. The van der Waals surface area contributed by atoms with E-state index >= 15 is 0 Å². The van der Waals surface area contributed by atoms with Crippen LogP contribution in [0.1, 0.15) is 12.8 Å². The van der Waals surface area contributed by atoms with E-state index in [1.807, 2.05) is 0 Å². The molecule has 0 aromatic rings. The van der Waals surface area contributed by atoms with Gasteiger partial charge in [0.25, 0.3) is 0 Å². The predicted octanol–water partition coefficient (Wildman–Crippen LogP) is -0.500. The van der Waals surface area contributed by atoms with Crippen LogP contribution in [0.3, 0.4) is 0 Å². The number of nitrogens with one attached hydrogen (secondary N) is 1. The standard InChI is InChI=1S/C4H9NO3S/c6-5-4-2-1-3-9(4,7)8/h4-6H,1-3H2. The van der Waals surface area contributed by atoms with Crippen LogP contribution in [-0.2, 0) is 9.84 Å². The van der Waals surface area contributed by atoms with Crippen LogP contribution >= 0.6 is 0 Å². The van der Waals surface area contributed by atoms with Gasteiger partial charge in [0.05, 0.1) is 5.75 Å². The van der Waals surface area contributed by atoms with Gasteiger partial charge in [-0.05, 0) is 12.8 Å². The van der Waals surface area contributed by atoms with Crippen molar-refractivity contribution in [1.82, 2.24) is 5.48 Å². The monoisotopic (exact) mass is 151 g/mol. The summed E-state index contributed by atoms with van der Waals surface area (Å²) in [5.41, 5.74) is 1.77. The van der Waals surface area contributed by atoms with Crippen molar-refractivity contribution < 1.29 is 13.6 Å². The van der Waals surface area contributed by atoms with Crippen molar-refractivity contribution in [3.05, 3.63) is 0 Å². The van der Waals surface area contributed by atoms with E-state index in [4.69, 9.17) is 5.21 Å². The van der Waals surface area contributed by atoms with Crippen LogP contribution in [0, 0.1) is 0 Å². The lowest BCUT2D eigenvalue weighted by Crippen LogP contribution is -2.30. The summed E-state index contributed by atoms with van der Waals surface area (Å²) in [6.07, 6.45) is 1.18. The van der Waals surface area contributed by atoms with E-state index in [1.54, 1.807) is 5.48 Å². The Morgan fingerprint density at radius 3 is 2.44 bits per heavy atom. The number of sulfone groups is 1. The molecule has 0 aromatic carbocycles. The number of hydrogen-bond acceptors (Lipinski definition) is 4. The normalized spacial score (nSPS) is 32.8. The zero-order valence-electron chi connectivity index (χ0n) is 4.87. The molecule has 4 nitrogen and oxygen atoms in total. The van der Waals surface area contributed by atoms with Crippen molar-refractivity contribution in [3.8, 4) is 0 Å². The molecule has 1 aliphatic heterocycles. The molecule has 1 atom stereocenters. The summed E-state index contributed by atoms with van der Waals surface area (Å²) in [6.45, 7) is 0. The van der Waals surface area contributed by atoms with E-state index in [0.29, 0.717) is 12.8 Å². The molecule has 0 bridgehead atoms. The fourth-order valence-corrected chi connectivity index (χ4v) is 2.48. The van der Waals surface area contributed by atoms with Crippen LogP contribution in [0.4, 0.5) is 0 Å². The highest BCUT2D eigenvalue weighted by Gasteiger charge is 2.30. The molecular formula is C4H9NO3S. The lowest BCUT2D eigenvalue weighted by Gasteiger charge is -2.03. The first-order chi connectivity index (χ1) is 4.17. The van der Waals surface area contributed by atoms with Crippen LogP contribution < -0.4 is 5.48 Å². The summed E-state index contributed by atoms with van der Waals surface area (Å²) in [5, 5.41) is 7.56. The maximum Gasteiger partial charge on any atom is 0.168 e. The van der Waals surface area contributed by atoms with E-state index in [2.05, 4.69) is 0 Å². The predicted molar refractivity (Wildman–Crippen MR) is 31.7 cm³/mol. The zero-order valence-corrected chi connectivity index (χ0v) is 5.69. The van der Waals surface area contributed by atoms with Gasteiger partial charge >= 0.3 is 0 Å². The second kappa shape index (κ2) is 2.24. The third kappa shape index (κ3) is 1.23. The van der Waals surface area contributed by atoms with Crippen LogP contribution in [0.15, 0.2) is 0 Å². The Bertz CT molecular complexity index is 186. The molecule has 5 heteroatoms. The Balaban J connectivity index is 2.75. The molecule has 1 rings (SSSR count). The van der Waals surface area contributed by atoms with Gasteiger partial charge in [0, 0.05) is 0 Å². The van der Waals surface area contributed by atoms with Gasteiger partial charge < -0.3 is 5.21 Å². The Morgan fingerprint density at radius 1 is 1.56 bits per heavy atom. The fourth-order valence-electron chi connectivity index (χ4n) is 0.937. The maximum absolute atomic E-state index is 10.8. The molecule has 1 heterocycles. The lowest BCUT2D eigenvalue weighted by atomic mass is 10.3. The zero-order chi connectivity index (χ0) is 6.91. The minimum atomic E-state index is -3.00. The first-order valence-corrected chi connectivity index (χ1v) is 4.49. The third-order valence-electron chi connectivity index (χ3n) is 1.47. The highest BCUT2D eigenvalue weighted by molar-refractivity contribution is 7.92. The number of rotatable bonds is 1. The van der Waals surface area contributed by atoms with Crippen molar-refractivity contribution in [2.45, 2.75) is 18.2 Å². The molecule has 54 valence electrons. The summed E-state index contributed by atoms with van der Waals surface area (Å²) in [7, 11) is -3.00. The average Bonchev–Trinajstić information content (AvgIpc) is 2.08. The summed E-state index contributed by atoms with van der Waals surface area (Å²) in [4.78, 5) is 0. The summed E-state index contributed by atoms with van der Waals surface area (Å²) in [6, 6.07) is 0. The molecule has 1 fully saturated rings. The third-order valence-corrected chi connectivity index (χ3v) is 3.54. The van der Waals surface area contributed by atoms with Crippen molar-refractivity contribution in [2.24, 2.45) is 0 Å². The van der Waals surface area contributed by atoms with E-state index in [-0.39, 0.29) is 5.75 Å². The van der Waals surface area contributed by atoms with Crippen LogP contribution in [0.2, 0.25) is 0 Å². The van der Waals surface area contributed by atoms with Gasteiger partial charge in [-0.2, -0.15) is 5.48 Å². The summed E-state index contributed by atoms with van der Waals surface area (Å²) >= 11 is 0. The van der Waals surface area contributed by atoms with E-state index in [9.17, 15) is 8.42 Å². The SMILES string of the molecule is O=S1(=O)CCCC1NO. The highest BCUT2D eigenvalue weighted by atomic mass is 32.2. The smallest absolute Gasteiger partial charge is 0.168 e. The number of hydrogen-bond donors (Lipinski definition) is 2. The second-order valence-electron chi connectivity index (χ2n) is 2.13. The minimum Gasteiger partial charge on any atom is -0.316 e. The quantitative estimate of drug-likeness (QED) is 0.496. The molecule has 1 unspecified atom stereocenters. The van der Waals surface area contributed by atoms with Crippen molar-refractivity contribution in [3.63, 3.8) is 0 Å². The van der Waals surface area contributed by atoms with Crippen LogP contribution in [-0.4, -0.2) is 24.8 Å². The van der Waals surface area contributed by atoms with Gasteiger partial charge in [0.15, 0.2) is 9.84 Å². The largest absolute Gasteiger partial charge is 0.316 e. The molecule has 0 aliphatic carbocycles. The first kappa shape index (κ1) is 6.98. The second-order valence-corrected chi connectivity index (χ2v) is 4.43. The van der Waals surface area contributed by atoms with Gasteiger partial charge in [-0.15, -0.1) is 0 Å². The molecular weight excluding hydrogens is 142 g/mol. The Labute approximate surface area is 53.8 Å². The van der Waals surface area contributed by atoms with Gasteiger partial charge in [0.1, 0.15) is 5.37 Å². The Hall–Kier alpha value is -0.130. The van der Waals surface area contributed by atoms with E-state index in [0.717, 1.165) is 0 Å². The topological polar surface area (TPSA) is 66.4 Å². The molecule has 0 spiro atoms. The van der Waals surface area contributed by atoms with Crippen molar-refractivity contribution >= 4 is 9.84 Å². The van der Waals surface area contributed by atoms with Gasteiger partial charge in [-0.1, -0.05) is 0 Å². The average molecular weight is 151 g/mol. The molecule has 1 saturated heterocycles. The molecule has 0 radical (unpaired) electrons. The lowest BCUT2D eigenvalue weighted by molar-refractivity contribution is 0.153. The van der Waals surface area contributed by atoms with E-state index in [1.165, 1.54) is 0 Å². The maximum atomic E-state index is 10.8. The molecule has 2 N–H and O–H groups in total. The summed E-state index contributed by atoms with van der Waals surface area (Å²) in [5.74, 6) is 0.200. The molecule has 0 saturated carbocycles. The van der Waals surface area contributed by atoms with Gasteiger partial charge in [0.2, 0.25) is 0 Å². The van der Waals surface area contributed by atoms with Crippen LogP contribution in [0.25, 0.3) is 0 Å². The molecule has 9 heavy (non-hydrogen) atoms. The van der Waals surface area contributed by atoms with Gasteiger partial charge in [-0.3, -0.25) is 0 Å². The molecule has 0 amide bonds. The molecule has 0 aromatic heterocycles. The first-order valence-electron chi connectivity index (χ1n) is 2.78. The van der Waals surface area contributed by atoms with Gasteiger partial charge in [-0.25, -0.2) is 8.42 Å². The van der Waals surface area contributed by atoms with Crippen molar-refractivity contribution in [1.29, 1.82) is 0 Å². The number of hydroxylamine groups is 1. The van der Waals surface area contributed by atoms with Crippen LogP contribution in [0.5, 0.6) is 0 Å². The Kier molecular flexibility index (Phi) is 1.74. The molecule has 1 aliphatic rings. The Morgan fingerprint density at radius 2 is 2.22 bits per heavy atom. The highest BCUT2D eigenvalue weighted by Crippen LogP contribution is 2.16. The van der Waals surface area contributed by atoms with E-state index < -0.39 is 15.2 Å².